The summed E-state index contributed by atoms with van der Waals surface area (Å²) >= 11 is 0. The number of benzene rings is 2. The van der Waals surface area contributed by atoms with Gasteiger partial charge in [-0.3, -0.25) is 9.59 Å². The molecule has 1 saturated carbocycles. The van der Waals surface area contributed by atoms with Crippen molar-refractivity contribution in [3.8, 4) is 0 Å². The molecular weight excluding hydrogens is 469 g/mol. The number of likely N-dealkylation sites (N-methyl/N-ethyl adjacent to an activating group) is 1. The zero-order valence-corrected chi connectivity index (χ0v) is 22.3. The van der Waals surface area contributed by atoms with Gasteiger partial charge in [0.2, 0.25) is 0 Å². The Morgan fingerprint density at radius 1 is 1.05 bits per heavy atom. The van der Waals surface area contributed by atoms with E-state index in [1.165, 1.54) is 38.9 Å². The molecule has 0 N–H and O–H groups in total. The number of fused-ring (bicyclic) bond motifs is 1. The number of ether oxygens (including phenoxy) is 1. The summed E-state index contributed by atoms with van der Waals surface area (Å²) in [7, 11) is 5.57. The van der Waals surface area contributed by atoms with Crippen molar-refractivity contribution in [3.63, 3.8) is 0 Å². The molecule has 5 rings (SSSR count). The minimum atomic E-state index is -0.530. The third-order valence-corrected chi connectivity index (χ3v) is 8.87. The summed E-state index contributed by atoms with van der Waals surface area (Å²) in [5, 5.41) is 0. The lowest BCUT2D eigenvalue weighted by Gasteiger charge is -2.47. The molecule has 7 heteroatoms. The molecule has 0 aromatic heterocycles. The van der Waals surface area contributed by atoms with Crippen molar-refractivity contribution in [2.45, 2.75) is 57.2 Å². The van der Waals surface area contributed by atoms with Gasteiger partial charge in [-0.2, -0.15) is 0 Å². The van der Waals surface area contributed by atoms with Crippen LogP contribution in [0.5, 0.6) is 0 Å². The van der Waals surface area contributed by atoms with E-state index in [4.69, 9.17) is 4.74 Å². The Balaban J connectivity index is 1.57. The van der Waals surface area contributed by atoms with Crippen LogP contribution in [0.3, 0.4) is 0 Å². The zero-order valence-electron chi connectivity index (χ0n) is 22.3. The molecule has 2 aromatic rings. The molecule has 0 bridgehead atoms. The number of rotatable bonds is 5. The van der Waals surface area contributed by atoms with Crippen molar-refractivity contribution < 1.29 is 18.7 Å². The maximum atomic E-state index is 15.1. The summed E-state index contributed by atoms with van der Waals surface area (Å²) in [6.45, 7) is 3.24. The predicted octanol–water partition coefficient (Wildman–Crippen LogP) is 4.82. The Morgan fingerprint density at radius 2 is 1.76 bits per heavy atom. The van der Waals surface area contributed by atoms with Gasteiger partial charge in [-0.1, -0.05) is 37.1 Å². The third-order valence-electron chi connectivity index (χ3n) is 8.87. The maximum absolute atomic E-state index is 15.1. The molecule has 4 unspecified atom stereocenters. The Labute approximate surface area is 219 Å². The number of carbonyl (C=O) groups is 2. The molecule has 4 atom stereocenters. The topological polar surface area (TPSA) is 53.1 Å². The Morgan fingerprint density at radius 3 is 2.41 bits per heavy atom. The van der Waals surface area contributed by atoms with E-state index in [1.54, 1.807) is 24.0 Å². The molecule has 6 nitrogen and oxygen atoms in total. The summed E-state index contributed by atoms with van der Waals surface area (Å²) in [4.78, 5) is 33.7. The van der Waals surface area contributed by atoms with Crippen molar-refractivity contribution in [1.29, 1.82) is 0 Å². The fraction of sp³-hybridized carbons (Fsp3) is 0.533. The van der Waals surface area contributed by atoms with E-state index in [0.29, 0.717) is 24.6 Å². The van der Waals surface area contributed by atoms with Crippen LogP contribution < -0.4 is 4.90 Å². The van der Waals surface area contributed by atoms with Gasteiger partial charge in [0, 0.05) is 37.9 Å². The SMILES string of the molecule is COC(=O)C1CC2CN(C)CC2N(C(=O)c2c(C)cccc2F)C1c1ccc(N(C)C2CCCC2)cc1. The first-order valence-corrected chi connectivity index (χ1v) is 13.5. The van der Waals surface area contributed by atoms with Crippen LogP contribution in [0.2, 0.25) is 0 Å². The standard InChI is InChI=1S/C30H38FN3O3/c1-19-8-7-11-25(31)27(19)29(35)34-26-18-32(2)17-21(26)16-24(30(36)37-4)28(34)20-12-14-23(15-13-20)33(3)22-9-5-6-10-22/h7-8,11-15,21-22,24,26,28H,5-6,9-10,16-18H2,1-4H3. The highest BCUT2D eigenvalue weighted by Gasteiger charge is 2.52. The zero-order chi connectivity index (χ0) is 26.3. The molecule has 1 amide bonds. The lowest BCUT2D eigenvalue weighted by atomic mass is 9.76. The molecule has 198 valence electrons. The second kappa shape index (κ2) is 10.4. The quantitative estimate of drug-likeness (QED) is 0.543. The number of piperidine rings is 1. The molecule has 0 radical (unpaired) electrons. The summed E-state index contributed by atoms with van der Waals surface area (Å²) < 4.78 is 20.3. The first-order chi connectivity index (χ1) is 17.8. The smallest absolute Gasteiger partial charge is 0.311 e. The second-order valence-electron chi connectivity index (χ2n) is 11.1. The van der Waals surface area contributed by atoms with E-state index in [0.717, 1.165) is 17.8 Å². The van der Waals surface area contributed by atoms with Gasteiger partial charge in [-0.05, 0) is 68.5 Å². The van der Waals surface area contributed by atoms with Crippen LogP contribution in [0.15, 0.2) is 42.5 Å². The van der Waals surface area contributed by atoms with Gasteiger partial charge in [0.15, 0.2) is 0 Å². The molecule has 2 heterocycles. The van der Waals surface area contributed by atoms with E-state index in [1.807, 2.05) is 19.2 Å². The first-order valence-electron chi connectivity index (χ1n) is 13.5. The number of esters is 1. The van der Waals surface area contributed by atoms with Crippen LogP contribution in [0.25, 0.3) is 0 Å². The number of methoxy groups -OCH3 is 1. The number of carbonyl (C=O) groups excluding carboxylic acids is 2. The van der Waals surface area contributed by atoms with Crippen molar-refractivity contribution in [1.82, 2.24) is 9.80 Å². The van der Waals surface area contributed by atoms with E-state index in [9.17, 15) is 9.59 Å². The van der Waals surface area contributed by atoms with Crippen molar-refractivity contribution in [2.75, 3.05) is 39.2 Å². The minimum Gasteiger partial charge on any atom is -0.469 e. The Bertz CT molecular complexity index is 1130. The number of hydrogen-bond acceptors (Lipinski definition) is 5. The van der Waals surface area contributed by atoms with E-state index < -0.39 is 17.8 Å². The van der Waals surface area contributed by atoms with Gasteiger partial charge >= 0.3 is 5.97 Å². The normalized spacial score (nSPS) is 26.2. The van der Waals surface area contributed by atoms with E-state index >= 15 is 4.39 Å². The van der Waals surface area contributed by atoms with Crippen molar-refractivity contribution in [3.05, 3.63) is 65.0 Å². The average Bonchev–Trinajstić information content (AvgIpc) is 3.56. The van der Waals surface area contributed by atoms with E-state index in [-0.39, 0.29) is 29.4 Å². The Kier molecular flexibility index (Phi) is 7.26. The molecule has 2 aliphatic heterocycles. The van der Waals surface area contributed by atoms with Crippen LogP contribution in [-0.2, 0) is 9.53 Å². The molecule has 0 spiro atoms. The largest absolute Gasteiger partial charge is 0.469 e. The van der Waals surface area contributed by atoms with Gasteiger partial charge in [0.1, 0.15) is 5.82 Å². The number of nitrogens with zero attached hydrogens (tertiary/aromatic N) is 3. The van der Waals surface area contributed by atoms with Crippen molar-refractivity contribution in [2.24, 2.45) is 11.8 Å². The monoisotopic (exact) mass is 507 g/mol. The van der Waals surface area contributed by atoms with Gasteiger partial charge < -0.3 is 19.4 Å². The molecule has 3 aliphatic rings. The molecule has 37 heavy (non-hydrogen) atoms. The molecule has 2 aromatic carbocycles. The third kappa shape index (κ3) is 4.74. The molecule has 3 fully saturated rings. The van der Waals surface area contributed by atoms with Crippen molar-refractivity contribution >= 4 is 17.6 Å². The second-order valence-corrected chi connectivity index (χ2v) is 11.1. The molecule has 1 aliphatic carbocycles. The highest BCUT2D eigenvalue weighted by molar-refractivity contribution is 5.97. The highest BCUT2D eigenvalue weighted by Crippen LogP contribution is 2.46. The van der Waals surface area contributed by atoms with Crippen LogP contribution in [0.1, 0.15) is 59.6 Å². The number of amides is 1. The van der Waals surface area contributed by atoms with Crippen LogP contribution in [0, 0.1) is 24.6 Å². The molecular formula is C30H38FN3O3. The lowest BCUT2D eigenvalue weighted by molar-refractivity contribution is -0.151. The average molecular weight is 508 g/mol. The number of aryl methyl sites for hydroxylation is 1. The highest BCUT2D eigenvalue weighted by atomic mass is 19.1. The van der Waals surface area contributed by atoms with Crippen LogP contribution >= 0.6 is 0 Å². The lowest BCUT2D eigenvalue weighted by Crippen LogP contribution is -2.55. The van der Waals surface area contributed by atoms with Gasteiger partial charge in [-0.25, -0.2) is 4.39 Å². The fourth-order valence-corrected chi connectivity index (χ4v) is 6.95. The summed E-state index contributed by atoms with van der Waals surface area (Å²) in [5.74, 6) is -1.61. The summed E-state index contributed by atoms with van der Waals surface area (Å²) in [6, 6.07) is 12.9. The number of anilines is 1. The maximum Gasteiger partial charge on any atom is 0.311 e. The Hall–Kier alpha value is -2.93. The summed E-state index contributed by atoms with van der Waals surface area (Å²) in [5.41, 5.74) is 2.70. The molecule has 2 saturated heterocycles. The first kappa shape index (κ1) is 25.7. The fourth-order valence-electron chi connectivity index (χ4n) is 6.95. The summed E-state index contributed by atoms with van der Waals surface area (Å²) in [6.07, 6.45) is 5.56. The number of halogens is 1. The number of hydrogen-bond donors (Lipinski definition) is 0. The van der Waals surface area contributed by atoms with Gasteiger partial charge in [0.25, 0.3) is 5.91 Å². The van der Waals surface area contributed by atoms with Crippen LogP contribution in [-0.4, -0.2) is 68.1 Å². The van der Waals surface area contributed by atoms with E-state index in [2.05, 4.69) is 29.0 Å². The minimum absolute atomic E-state index is 0.0869. The number of likely N-dealkylation sites (tertiary alicyclic amines) is 2. The van der Waals surface area contributed by atoms with Gasteiger partial charge in [-0.15, -0.1) is 0 Å². The predicted molar refractivity (Wildman–Crippen MR) is 142 cm³/mol. The van der Waals surface area contributed by atoms with Gasteiger partial charge in [0.05, 0.1) is 24.6 Å². The van der Waals surface area contributed by atoms with Crippen LogP contribution in [0.4, 0.5) is 10.1 Å².